The van der Waals surface area contributed by atoms with Gasteiger partial charge in [0.15, 0.2) is 0 Å². The topological polar surface area (TPSA) is 29.1 Å². The van der Waals surface area contributed by atoms with E-state index >= 15 is 0 Å². The van der Waals surface area contributed by atoms with E-state index in [1.807, 2.05) is 13.8 Å². The molecule has 2 nitrogen and oxygen atoms in total. The van der Waals surface area contributed by atoms with Gasteiger partial charge in [0.05, 0.1) is 11.1 Å². The second-order valence-corrected chi connectivity index (χ2v) is 7.18. The number of nitrogens with one attached hydrogen (secondary N) is 1. The smallest absolute Gasteiger partial charge is 0.351 e. The molecular weight excluding hydrogens is 402 g/mol. The van der Waals surface area contributed by atoms with Crippen LogP contribution in [0.1, 0.15) is 29.8 Å². The number of benzene rings is 1. The molecule has 20 heavy (non-hydrogen) atoms. The van der Waals surface area contributed by atoms with Crippen molar-refractivity contribution in [3.63, 3.8) is 0 Å². The second-order valence-electron chi connectivity index (χ2n) is 4.34. The van der Waals surface area contributed by atoms with Gasteiger partial charge < -0.3 is 5.32 Å². The Morgan fingerprint density at radius 3 is 2.60 bits per heavy atom. The van der Waals surface area contributed by atoms with Crippen LogP contribution in [0.3, 0.4) is 0 Å². The average molecular weight is 417 g/mol. The number of rotatable bonds is 5. The van der Waals surface area contributed by atoms with Crippen molar-refractivity contribution < 1.29 is 18.0 Å². The fourth-order valence-electron chi connectivity index (χ4n) is 1.54. The van der Waals surface area contributed by atoms with E-state index in [1.165, 1.54) is 12.1 Å². The van der Waals surface area contributed by atoms with Gasteiger partial charge in [-0.3, -0.25) is 4.79 Å². The summed E-state index contributed by atoms with van der Waals surface area (Å²) in [5.74, 6) is 0.000403. The Bertz CT molecular complexity index is 477. The number of carbonyl (C=O) groups is 1. The fourth-order valence-corrected chi connectivity index (χ4v) is 2.97. The third-order valence-corrected chi connectivity index (χ3v) is 4.39. The average Bonchev–Trinajstić information content (AvgIpc) is 2.32. The van der Waals surface area contributed by atoms with Gasteiger partial charge in [-0.15, -0.1) is 0 Å². The molecule has 0 fully saturated rings. The first-order valence-electron chi connectivity index (χ1n) is 5.99. The summed E-state index contributed by atoms with van der Waals surface area (Å²) in [5, 5.41) is 2.97. The van der Waals surface area contributed by atoms with Gasteiger partial charge >= 0.3 is 6.18 Å². The monoisotopic (exact) mass is 417 g/mol. The van der Waals surface area contributed by atoms with Crippen molar-refractivity contribution in [1.82, 2.24) is 5.32 Å². The van der Waals surface area contributed by atoms with E-state index in [0.29, 0.717) is 21.1 Å². The van der Waals surface area contributed by atoms with Crippen molar-refractivity contribution >= 4 is 40.3 Å². The van der Waals surface area contributed by atoms with Crippen molar-refractivity contribution in [3.05, 3.63) is 32.9 Å². The molecule has 1 rings (SSSR count). The molecule has 0 aliphatic rings. The summed E-state index contributed by atoms with van der Waals surface area (Å²) in [6, 6.07) is 3.73. The first-order chi connectivity index (χ1) is 9.23. The van der Waals surface area contributed by atoms with Gasteiger partial charge in [-0.1, -0.05) is 19.9 Å². The van der Waals surface area contributed by atoms with E-state index in [9.17, 15) is 18.0 Å². The van der Waals surface area contributed by atoms with E-state index < -0.39 is 17.6 Å². The number of hydrogen-bond acceptors (Lipinski definition) is 2. The SMILES string of the molecule is CC(C)SCCNC(=O)c1c(I)cccc1C(F)(F)F. The molecule has 1 amide bonds. The number of alkyl halides is 3. The number of amides is 1. The van der Waals surface area contributed by atoms with Crippen LogP contribution in [-0.4, -0.2) is 23.5 Å². The summed E-state index contributed by atoms with van der Waals surface area (Å²) in [4.78, 5) is 12.0. The summed E-state index contributed by atoms with van der Waals surface area (Å²) in [7, 11) is 0. The summed E-state index contributed by atoms with van der Waals surface area (Å²) < 4.78 is 39.0. The molecule has 1 N–H and O–H groups in total. The van der Waals surface area contributed by atoms with Crippen molar-refractivity contribution in [2.24, 2.45) is 0 Å². The molecule has 0 heterocycles. The molecule has 0 spiro atoms. The minimum absolute atomic E-state index is 0.296. The maximum Gasteiger partial charge on any atom is 0.417 e. The van der Waals surface area contributed by atoms with Crippen LogP contribution < -0.4 is 5.32 Å². The molecule has 0 saturated heterocycles. The van der Waals surface area contributed by atoms with E-state index in [0.717, 1.165) is 6.07 Å². The normalized spacial score (nSPS) is 11.8. The van der Waals surface area contributed by atoms with E-state index in [4.69, 9.17) is 0 Å². The first kappa shape index (κ1) is 17.6. The standard InChI is InChI=1S/C13H15F3INOS/c1-8(2)20-7-6-18-12(19)11-9(13(14,15)16)4-3-5-10(11)17/h3-5,8H,6-7H2,1-2H3,(H,18,19). The summed E-state index contributed by atoms with van der Waals surface area (Å²) in [6.45, 7) is 4.40. The minimum Gasteiger partial charge on any atom is -0.351 e. The van der Waals surface area contributed by atoms with Crippen LogP contribution in [0.5, 0.6) is 0 Å². The molecule has 0 aliphatic carbocycles. The molecule has 0 aliphatic heterocycles. The van der Waals surface area contributed by atoms with Gasteiger partial charge in [0.1, 0.15) is 0 Å². The van der Waals surface area contributed by atoms with Crippen molar-refractivity contribution in [2.75, 3.05) is 12.3 Å². The van der Waals surface area contributed by atoms with Gasteiger partial charge in [-0.25, -0.2) is 0 Å². The maximum absolute atomic E-state index is 12.9. The Morgan fingerprint density at radius 1 is 1.40 bits per heavy atom. The minimum atomic E-state index is -4.53. The Labute approximate surface area is 134 Å². The van der Waals surface area contributed by atoms with Crippen LogP contribution in [0, 0.1) is 3.57 Å². The molecule has 7 heteroatoms. The Morgan fingerprint density at radius 2 is 2.05 bits per heavy atom. The molecule has 0 saturated carbocycles. The lowest BCUT2D eigenvalue weighted by Crippen LogP contribution is -2.29. The largest absolute Gasteiger partial charge is 0.417 e. The summed E-state index contributed by atoms with van der Waals surface area (Å²) in [6.07, 6.45) is -4.53. The van der Waals surface area contributed by atoms with Crippen molar-refractivity contribution in [3.8, 4) is 0 Å². The molecule has 0 bridgehead atoms. The second kappa shape index (κ2) is 7.53. The Balaban J connectivity index is 2.82. The van der Waals surface area contributed by atoms with Crippen molar-refractivity contribution in [1.29, 1.82) is 0 Å². The molecule has 0 aromatic heterocycles. The molecule has 1 aromatic rings. The van der Waals surface area contributed by atoms with Crippen LogP contribution in [0.4, 0.5) is 13.2 Å². The molecule has 1 aromatic carbocycles. The highest BCUT2D eigenvalue weighted by Gasteiger charge is 2.36. The highest BCUT2D eigenvalue weighted by Crippen LogP contribution is 2.33. The summed E-state index contributed by atoms with van der Waals surface area (Å²) in [5.41, 5.74) is -1.19. The quantitative estimate of drug-likeness (QED) is 0.576. The van der Waals surface area contributed by atoms with Gasteiger partial charge in [0.25, 0.3) is 5.91 Å². The molecule has 0 radical (unpaired) electrons. The first-order valence-corrected chi connectivity index (χ1v) is 8.11. The third-order valence-electron chi connectivity index (χ3n) is 2.38. The van der Waals surface area contributed by atoms with E-state index in [-0.39, 0.29) is 5.56 Å². The van der Waals surface area contributed by atoms with Gasteiger partial charge in [0.2, 0.25) is 0 Å². The number of thioether (sulfide) groups is 1. The van der Waals surface area contributed by atoms with Gasteiger partial charge in [-0.2, -0.15) is 24.9 Å². The molecular formula is C13H15F3INOS. The number of carbonyl (C=O) groups excluding carboxylic acids is 1. The number of hydrogen-bond donors (Lipinski definition) is 1. The maximum atomic E-state index is 12.9. The fraction of sp³-hybridized carbons (Fsp3) is 0.462. The zero-order valence-corrected chi connectivity index (χ0v) is 14.0. The molecule has 0 atom stereocenters. The van der Waals surface area contributed by atoms with Crippen LogP contribution in [0.15, 0.2) is 18.2 Å². The predicted octanol–water partition coefficient (Wildman–Crippen LogP) is 4.18. The molecule has 0 unspecified atom stereocenters. The van der Waals surface area contributed by atoms with Crippen LogP contribution >= 0.6 is 34.4 Å². The lowest BCUT2D eigenvalue weighted by atomic mass is 10.1. The molecule has 112 valence electrons. The Kier molecular flexibility index (Phi) is 6.63. The van der Waals surface area contributed by atoms with Crippen LogP contribution in [0.25, 0.3) is 0 Å². The van der Waals surface area contributed by atoms with Crippen molar-refractivity contribution in [2.45, 2.75) is 25.3 Å². The lowest BCUT2D eigenvalue weighted by Gasteiger charge is -2.14. The Hall–Kier alpha value is -0.440. The van der Waals surface area contributed by atoms with E-state index in [1.54, 1.807) is 34.4 Å². The number of halogens is 4. The third kappa shape index (κ3) is 5.16. The summed E-state index contributed by atoms with van der Waals surface area (Å²) >= 11 is 3.39. The lowest BCUT2D eigenvalue weighted by molar-refractivity contribution is -0.138. The van der Waals surface area contributed by atoms with E-state index in [2.05, 4.69) is 5.32 Å². The highest BCUT2D eigenvalue weighted by atomic mass is 127. The van der Waals surface area contributed by atoms with Crippen LogP contribution in [0.2, 0.25) is 0 Å². The van der Waals surface area contributed by atoms with Crippen LogP contribution in [-0.2, 0) is 6.18 Å². The predicted molar refractivity (Wildman–Crippen MR) is 84.1 cm³/mol. The highest BCUT2D eigenvalue weighted by molar-refractivity contribution is 14.1. The zero-order chi connectivity index (χ0) is 15.3. The van der Waals surface area contributed by atoms with Gasteiger partial charge in [-0.05, 0) is 40.0 Å². The zero-order valence-electron chi connectivity index (χ0n) is 11.1. The van der Waals surface area contributed by atoms with Gasteiger partial charge in [0, 0.05) is 15.9 Å².